The molecule has 4 heterocycles. The fourth-order valence-electron chi connectivity index (χ4n) is 5.20. The molecule has 10 heteroatoms. The molecule has 1 fully saturated rings. The van der Waals surface area contributed by atoms with Crippen molar-refractivity contribution in [2.45, 2.75) is 25.4 Å². The summed E-state index contributed by atoms with van der Waals surface area (Å²) in [5, 5.41) is 19.7. The first-order valence-corrected chi connectivity index (χ1v) is 13.6. The highest BCUT2D eigenvalue weighted by atomic mass is 16.1. The molecule has 1 aliphatic heterocycles. The van der Waals surface area contributed by atoms with E-state index in [0.717, 1.165) is 55.0 Å². The molecule has 41 heavy (non-hydrogen) atoms. The summed E-state index contributed by atoms with van der Waals surface area (Å²) in [6, 6.07) is 26.2. The standard InChI is InChI=1S/C31H29N9O/c1-33-31(41)25-11-12-28-37-29(30(40(28)38-25)23-5-3-2-4-6-23)22-9-7-21(8-10-22)20-39-17-14-24(15-18-39)35-26-13-16-34-27(19-32)36-26/h2-13,16,24H,14-15,17-18,20H2,1H3,(H,33,41)(H,34,35,36). The highest BCUT2D eigenvalue weighted by molar-refractivity contribution is 5.92. The van der Waals surface area contributed by atoms with Crippen LogP contribution in [0, 0.1) is 11.3 Å². The molecule has 2 N–H and O–H groups in total. The van der Waals surface area contributed by atoms with Gasteiger partial charge < -0.3 is 10.6 Å². The highest BCUT2D eigenvalue weighted by Crippen LogP contribution is 2.32. The van der Waals surface area contributed by atoms with Gasteiger partial charge >= 0.3 is 0 Å². The van der Waals surface area contributed by atoms with E-state index in [1.54, 1.807) is 29.9 Å². The maximum Gasteiger partial charge on any atom is 0.271 e. The van der Waals surface area contributed by atoms with Crippen molar-refractivity contribution < 1.29 is 4.79 Å². The lowest BCUT2D eigenvalue weighted by atomic mass is 10.0. The smallest absolute Gasteiger partial charge is 0.271 e. The summed E-state index contributed by atoms with van der Waals surface area (Å²) in [5.41, 5.74) is 5.88. The van der Waals surface area contributed by atoms with Crippen LogP contribution in [0.3, 0.4) is 0 Å². The Balaban J connectivity index is 1.18. The monoisotopic (exact) mass is 543 g/mol. The summed E-state index contributed by atoms with van der Waals surface area (Å²) in [4.78, 5) is 27.8. The normalized spacial score (nSPS) is 14.0. The Labute approximate surface area is 237 Å². The van der Waals surface area contributed by atoms with E-state index in [0.29, 0.717) is 23.2 Å². The zero-order valence-electron chi connectivity index (χ0n) is 22.7. The second-order valence-corrected chi connectivity index (χ2v) is 10.0. The van der Waals surface area contributed by atoms with Crippen LogP contribution in [-0.2, 0) is 6.54 Å². The number of nitrogens with one attached hydrogen (secondary N) is 2. The largest absolute Gasteiger partial charge is 0.367 e. The number of amides is 1. The lowest BCUT2D eigenvalue weighted by Gasteiger charge is -2.32. The van der Waals surface area contributed by atoms with Gasteiger partial charge in [-0.1, -0.05) is 54.6 Å². The van der Waals surface area contributed by atoms with Gasteiger partial charge in [0.1, 0.15) is 23.3 Å². The van der Waals surface area contributed by atoms with E-state index >= 15 is 0 Å². The van der Waals surface area contributed by atoms with Crippen LogP contribution in [0.2, 0.25) is 0 Å². The van der Waals surface area contributed by atoms with E-state index in [-0.39, 0.29) is 11.7 Å². The Hall–Kier alpha value is -5.14. The predicted molar refractivity (Wildman–Crippen MR) is 156 cm³/mol. The van der Waals surface area contributed by atoms with Gasteiger partial charge in [0, 0.05) is 50.0 Å². The number of hydrogen-bond donors (Lipinski definition) is 2. The number of carbonyl (C=O) groups excluding carboxylic acids is 1. The van der Waals surface area contributed by atoms with Crippen molar-refractivity contribution in [3.63, 3.8) is 0 Å². The first-order chi connectivity index (χ1) is 20.1. The van der Waals surface area contributed by atoms with Gasteiger partial charge in [0.15, 0.2) is 5.65 Å². The average molecular weight is 544 g/mol. The number of likely N-dealkylation sites (tertiary alicyclic amines) is 1. The van der Waals surface area contributed by atoms with Crippen molar-refractivity contribution in [3.8, 4) is 28.6 Å². The topological polar surface area (TPSA) is 124 Å². The third kappa shape index (κ3) is 5.62. The Bertz CT molecular complexity index is 1720. The van der Waals surface area contributed by atoms with Crippen LogP contribution in [0.25, 0.3) is 28.2 Å². The van der Waals surface area contributed by atoms with Gasteiger partial charge in [0.05, 0.1) is 5.69 Å². The average Bonchev–Trinajstić information content (AvgIpc) is 3.41. The molecule has 0 unspecified atom stereocenters. The minimum Gasteiger partial charge on any atom is -0.367 e. The van der Waals surface area contributed by atoms with Crippen LogP contribution in [-0.4, -0.2) is 61.6 Å². The van der Waals surface area contributed by atoms with Gasteiger partial charge in [0.25, 0.3) is 5.91 Å². The molecule has 2 aromatic carbocycles. The third-order valence-corrected chi connectivity index (χ3v) is 7.31. The summed E-state index contributed by atoms with van der Waals surface area (Å²) in [7, 11) is 1.60. The molecule has 204 valence electrons. The second-order valence-electron chi connectivity index (χ2n) is 10.0. The summed E-state index contributed by atoms with van der Waals surface area (Å²) >= 11 is 0. The zero-order valence-corrected chi connectivity index (χ0v) is 22.7. The van der Waals surface area contributed by atoms with Gasteiger partial charge in [-0.25, -0.2) is 19.5 Å². The molecule has 1 aliphatic rings. The van der Waals surface area contributed by atoms with Crippen molar-refractivity contribution in [1.29, 1.82) is 5.26 Å². The zero-order chi connectivity index (χ0) is 28.2. The number of fused-ring (bicyclic) bond motifs is 1. The number of anilines is 1. The molecular weight excluding hydrogens is 514 g/mol. The summed E-state index contributed by atoms with van der Waals surface area (Å²) < 4.78 is 1.75. The summed E-state index contributed by atoms with van der Waals surface area (Å²) in [5.74, 6) is 0.639. The SMILES string of the molecule is CNC(=O)c1ccc2nc(-c3ccc(CN4CCC(Nc5ccnc(C#N)n5)CC4)cc3)c(-c3ccccc3)n2n1. The molecule has 10 nitrogen and oxygen atoms in total. The summed E-state index contributed by atoms with van der Waals surface area (Å²) in [6.45, 7) is 2.81. The van der Waals surface area contributed by atoms with Crippen molar-refractivity contribution in [2.24, 2.45) is 0 Å². The maximum absolute atomic E-state index is 12.3. The lowest BCUT2D eigenvalue weighted by molar-refractivity contribution is 0.0957. The molecule has 0 radical (unpaired) electrons. The third-order valence-electron chi connectivity index (χ3n) is 7.31. The molecule has 0 atom stereocenters. The fraction of sp³-hybridized carbons (Fsp3) is 0.226. The van der Waals surface area contributed by atoms with Crippen molar-refractivity contribution in [2.75, 3.05) is 25.5 Å². The van der Waals surface area contributed by atoms with Crippen LogP contribution in [0.15, 0.2) is 79.0 Å². The number of benzene rings is 2. The van der Waals surface area contributed by atoms with Crippen molar-refractivity contribution in [3.05, 3.63) is 96.1 Å². The van der Waals surface area contributed by atoms with E-state index in [2.05, 4.69) is 54.9 Å². The van der Waals surface area contributed by atoms with Gasteiger partial charge in [-0.15, -0.1) is 0 Å². The van der Waals surface area contributed by atoms with Gasteiger partial charge in [-0.2, -0.15) is 10.4 Å². The van der Waals surface area contributed by atoms with Crippen LogP contribution in [0.4, 0.5) is 5.82 Å². The molecule has 3 aromatic heterocycles. The number of piperidine rings is 1. The quantitative estimate of drug-likeness (QED) is 0.314. The number of carbonyl (C=O) groups is 1. The molecule has 0 spiro atoms. The fourth-order valence-corrected chi connectivity index (χ4v) is 5.20. The van der Waals surface area contributed by atoms with Gasteiger partial charge in [-0.3, -0.25) is 9.69 Å². The van der Waals surface area contributed by atoms with Crippen molar-refractivity contribution in [1.82, 2.24) is 34.8 Å². The molecule has 1 saturated heterocycles. The minimum absolute atomic E-state index is 0.181. The highest BCUT2D eigenvalue weighted by Gasteiger charge is 2.21. The van der Waals surface area contributed by atoms with Crippen LogP contribution >= 0.6 is 0 Å². The number of hydrogen-bond acceptors (Lipinski definition) is 8. The number of rotatable bonds is 7. The van der Waals surface area contributed by atoms with E-state index in [4.69, 9.17) is 10.2 Å². The Morgan fingerprint density at radius 3 is 2.49 bits per heavy atom. The van der Waals surface area contributed by atoms with E-state index in [9.17, 15) is 4.79 Å². The molecule has 0 aliphatic carbocycles. The number of nitrogens with zero attached hydrogens (tertiary/aromatic N) is 7. The minimum atomic E-state index is -0.243. The molecule has 6 rings (SSSR count). The summed E-state index contributed by atoms with van der Waals surface area (Å²) in [6.07, 6.45) is 3.60. The number of aromatic nitrogens is 5. The van der Waals surface area contributed by atoms with Crippen LogP contribution < -0.4 is 10.6 Å². The predicted octanol–water partition coefficient (Wildman–Crippen LogP) is 4.16. The molecule has 1 amide bonds. The maximum atomic E-state index is 12.3. The Morgan fingerprint density at radius 1 is 0.976 bits per heavy atom. The number of nitriles is 1. The van der Waals surface area contributed by atoms with Gasteiger partial charge in [-0.05, 0) is 36.6 Å². The molecule has 0 saturated carbocycles. The molecule has 0 bridgehead atoms. The molecule has 5 aromatic rings. The molecular formula is C31H29N9O. The van der Waals surface area contributed by atoms with Crippen LogP contribution in [0.1, 0.15) is 34.7 Å². The van der Waals surface area contributed by atoms with Crippen LogP contribution in [0.5, 0.6) is 0 Å². The Kier molecular flexibility index (Phi) is 7.34. The second kappa shape index (κ2) is 11.5. The van der Waals surface area contributed by atoms with E-state index in [1.165, 1.54) is 5.56 Å². The first kappa shape index (κ1) is 26.1. The first-order valence-electron chi connectivity index (χ1n) is 13.6. The van der Waals surface area contributed by atoms with E-state index in [1.807, 2.05) is 42.5 Å². The lowest BCUT2D eigenvalue weighted by Crippen LogP contribution is -2.38. The van der Waals surface area contributed by atoms with E-state index < -0.39 is 0 Å². The Morgan fingerprint density at radius 2 is 1.76 bits per heavy atom. The van der Waals surface area contributed by atoms with Crippen molar-refractivity contribution >= 4 is 17.4 Å². The number of imidazole rings is 1. The van der Waals surface area contributed by atoms with Gasteiger partial charge in [0.2, 0.25) is 5.82 Å².